The summed E-state index contributed by atoms with van der Waals surface area (Å²) in [5.41, 5.74) is 2.89. The minimum Gasteiger partial charge on any atom is -0.491 e. The predicted molar refractivity (Wildman–Crippen MR) is 114 cm³/mol. The molecule has 0 bridgehead atoms. The number of pyridine rings is 2. The summed E-state index contributed by atoms with van der Waals surface area (Å²) in [5, 5.41) is 2.97. The van der Waals surface area contributed by atoms with Gasteiger partial charge in [0.05, 0.1) is 25.5 Å². The third-order valence-electron chi connectivity index (χ3n) is 5.42. The Bertz CT molecular complexity index is 1070. The topological polar surface area (TPSA) is 81.0 Å². The number of hydrogen-bond acceptors (Lipinski definition) is 6. The SMILES string of the molecule is CCOc1cc2nc(C3CC3)cn2cc1NC(=O)c1cccc(N2CCOCC2)n1. The van der Waals surface area contributed by atoms with Gasteiger partial charge in [0.15, 0.2) is 0 Å². The molecule has 8 nitrogen and oxygen atoms in total. The van der Waals surface area contributed by atoms with E-state index in [0.29, 0.717) is 42.9 Å². The van der Waals surface area contributed by atoms with Crippen LogP contribution in [0.5, 0.6) is 5.75 Å². The first-order valence-electron chi connectivity index (χ1n) is 10.5. The van der Waals surface area contributed by atoms with Gasteiger partial charge in [-0.25, -0.2) is 9.97 Å². The molecule has 1 aliphatic heterocycles. The standard InChI is InChI=1S/C22H25N5O3/c1-2-30-19-12-21-24-17(15-6-7-15)13-27(21)14-18(19)25-22(28)16-4-3-5-20(23-16)26-8-10-29-11-9-26/h3-5,12-15H,2,6-11H2,1H3,(H,25,28). The summed E-state index contributed by atoms with van der Waals surface area (Å²) in [5.74, 6) is 1.68. The summed E-state index contributed by atoms with van der Waals surface area (Å²) in [6.07, 6.45) is 6.28. The quantitative estimate of drug-likeness (QED) is 0.676. The normalized spacial score (nSPS) is 16.6. The van der Waals surface area contributed by atoms with Gasteiger partial charge >= 0.3 is 0 Å². The molecule has 5 rings (SSSR count). The van der Waals surface area contributed by atoms with Crippen LogP contribution < -0.4 is 15.0 Å². The molecule has 1 N–H and O–H groups in total. The fourth-order valence-corrected chi connectivity index (χ4v) is 3.68. The van der Waals surface area contributed by atoms with Crippen molar-refractivity contribution in [2.45, 2.75) is 25.7 Å². The smallest absolute Gasteiger partial charge is 0.274 e. The van der Waals surface area contributed by atoms with Gasteiger partial charge in [-0.15, -0.1) is 0 Å². The Morgan fingerprint density at radius 3 is 2.83 bits per heavy atom. The van der Waals surface area contributed by atoms with Crippen molar-refractivity contribution < 1.29 is 14.3 Å². The van der Waals surface area contributed by atoms with Crippen LogP contribution in [0.4, 0.5) is 11.5 Å². The molecule has 2 aliphatic rings. The number of nitrogens with one attached hydrogen (secondary N) is 1. The summed E-state index contributed by atoms with van der Waals surface area (Å²) in [4.78, 5) is 24.4. The highest BCUT2D eigenvalue weighted by atomic mass is 16.5. The van der Waals surface area contributed by atoms with Gasteiger partial charge in [0.2, 0.25) is 0 Å². The largest absolute Gasteiger partial charge is 0.491 e. The molecular weight excluding hydrogens is 382 g/mol. The molecule has 8 heteroatoms. The Balaban J connectivity index is 1.41. The van der Waals surface area contributed by atoms with Crippen LogP contribution in [-0.2, 0) is 4.74 Å². The summed E-state index contributed by atoms with van der Waals surface area (Å²) < 4.78 is 13.1. The molecule has 0 aromatic carbocycles. The highest BCUT2D eigenvalue weighted by Crippen LogP contribution is 2.40. The molecule has 2 fully saturated rings. The first-order valence-corrected chi connectivity index (χ1v) is 10.5. The average molecular weight is 407 g/mol. The Morgan fingerprint density at radius 1 is 1.23 bits per heavy atom. The van der Waals surface area contributed by atoms with Gasteiger partial charge < -0.3 is 24.1 Å². The Hall–Kier alpha value is -3.13. The molecular formula is C22H25N5O3. The number of morpholine rings is 1. The molecule has 3 aromatic heterocycles. The van der Waals surface area contributed by atoms with Crippen LogP contribution in [-0.4, -0.2) is 53.2 Å². The monoisotopic (exact) mass is 407 g/mol. The van der Waals surface area contributed by atoms with Gasteiger partial charge in [0.1, 0.15) is 28.6 Å². The second kappa shape index (κ2) is 7.95. The maximum atomic E-state index is 13.0. The van der Waals surface area contributed by atoms with E-state index in [0.717, 1.165) is 30.2 Å². The summed E-state index contributed by atoms with van der Waals surface area (Å²) in [6.45, 7) is 5.30. The van der Waals surface area contributed by atoms with Gasteiger partial charge in [-0.1, -0.05) is 6.07 Å². The van der Waals surface area contributed by atoms with Gasteiger partial charge in [0, 0.05) is 37.5 Å². The maximum absolute atomic E-state index is 13.0. The molecule has 0 atom stereocenters. The van der Waals surface area contributed by atoms with Crippen LogP contribution in [0.2, 0.25) is 0 Å². The number of nitrogens with zero attached hydrogens (tertiary/aromatic N) is 4. The number of imidazole rings is 1. The number of hydrogen-bond donors (Lipinski definition) is 1. The highest BCUT2D eigenvalue weighted by Gasteiger charge is 2.26. The molecule has 0 radical (unpaired) electrons. The van der Waals surface area contributed by atoms with Crippen molar-refractivity contribution in [3.05, 3.63) is 48.0 Å². The van der Waals surface area contributed by atoms with E-state index >= 15 is 0 Å². The minimum absolute atomic E-state index is 0.270. The zero-order valence-electron chi connectivity index (χ0n) is 17.0. The Labute approximate surface area is 174 Å². The fourth-order valence-electron chi connectivity index (χ4n) is 3.68. The Morgan fingerprint density at radius 2 is 2.07 bits per heavy atom. The number of carbonyl (C=O) groups is 1. The van der Waals surface area contributed by atoms with Crippen molar-refractivity contribution in [1.82, 2.24) is 14.4 Å². The van der Waals surface area contributed by atoms with Crippen molar-refractivity contribution in [1.29, 1.82) is 0 Å². The van der Waals surface area contributed by atoms with Crippen molar-refractivity contribution in [2.75, 3.05) is 43.1 Å². The van der Waals surface area contributed by atoms with E-state index in [4.69, 9.17) is 14.5 Å². The van der Waals surface area contributed by atoms with Crippen LogP contribution in [0, 0.1) is 0 Å². The van der Waals surface area contributed by atoms with E-state index in [9.17, 15) is 4.79 Å². The lowest BCUT2D eigenvalue weighted by molar-refractivity contribution is 0.102. The van der Waals surface area contributed by atoms with E-state index in [1.807, 2.05) is 41.9 Å². The van der Waals surface area contributed by atoms with Crippen molar-refractivity contribution in [2.24, 2.45) is 0 Å². The van der Waals surface area contributed by atoms with Gasteiger partial charge in [-0.3, -0.25) is 4.79 Å². The first kappa shape index (κ1) is 18.9. The molecule has 0 unspecified atom stereocenters. The van der Waals surface area contributed by atoms with Crippen LogP contribution in [0.1, 0.15) is 41.9 Å². The zero-order chi connectivity index (χ0) is 20.5. The summed E-state index contributed by atoms with van der Waals surface area (Å²) in [6, 6.07) is 7.38. The molecule has 4 heterocycles. The lowest BCUT2D eigenvalue weighted by Gasteiger charge is -2.27. The van der Waals surface area contributed by atoms with Gasteiger partial charge in [-0.05, 0) is 31.9 Å². The number of amides is 1. The number of rotatable bonds is 6. The van der Waals surface area contributed by atoms with E-state index in [-0.39, 0.29) is 5.91 Å². The zero-order valence-corrected chi connectivity index (χ0v) is 17.0. The number of carbonyl (C=O) groups excluding carboxylic acids is 1. The second-order valence-corrected chi connectivity index (χ2v) is 7.62. The highest BCUT2D eigenvalue weighted by molar-refractivity contribution is 6.04. The van der Waals surface area contributed by atoms with E-state index in [2.05, 4.69) is 15.2 Å². The van der Waals surface area contributed by atoms with Crippen molar-refractivity contribution >= 4 is 23.1 Å². The molecule has 1 aliphatic carbocycles. The van der Waals surface area contributed by atoms with Gasteiger partial charge in [0.25, 0.3) is 5.91 Å². The Kier molecular flexibility index (Phi) is 5.00. The molecule has 156 valence electrons. The molecule has 3 aromatic rings. The van der Waals surface area contributed by atoms with Crippen LogP contribution >= 0.6 is 0 Å². The molecule has 0 spiro atoms. The van der Waals surface area contributed by atoms with Crippen LogP contribution in [0.25, 0.3) is 5.65 Å². The summed E-state index contributed by atoms with van der Waals surface area (Å²) >= 11 is 0. The molecule has 1 saturated heterocycles. The predicted octanol–water partition coefficient (Wildman–Crippen LogP) is 3.09. The van der Waals surface area contributed by atoms with Gasteiger partial charge in [-0.2, -0.15) is 0 Å². The van der Waals surface area contributed by atoms with E-state index < -0.39 is 0 Å². The lowest BCUT2D eigenvalue weighted by atomic mass is 10.3. The first-order chi connectivity index (χ1) is 14.7. The number of fused-ring (bicyclic) bond motifs is 1. The number of ether oxygens (including phenoxy) is 2. The maximum Gasteiger partial charge on any atom is 0.274 e. The van der Waals surface area contributed by atoms with Crippen molar-refractivity contribution in [3.8, 4) is 5.75 Å². The van der Waals surface area contributed by atoms with Crippen molar-refractivity contribution in [3.63, 3.8) is 0 Å². The fraction of sp³-hybridized carbons (Fsp3) is 0.409. The summed E-state index contributed by atoms with van der Waals surface area (Å²) in [7, 11) is 0. The number of anilines is 2. The molecule has 1 amide bonds. The third-order valence-corrected chi connectivity index (χ3v) is 5.42. The van der Waals surface area contributed by atoms with E-state index in [1.165, 1.54) is 12.8 Å². The lowest BCUT2D eigenvalue weighted by Crippen LogP contribution is -2.37. The van der Waals surface area contributed by atoms with Crippen LogP contribution in [0.15, 0.2) is 36.7 Å². The van der Waals surface area contributed by atoms with E-state index in [1.54, 1.807) is 6.07 Å². The van der Waals surface area contributed by atoms with Crippen LogP contribution in [0.3, 0.4) is 0 Å². The number of aromatic nitrogens is 3. The molecule has 1 saturated carbocycles. The third kappa shape index (κ3) is 3.82. The minimum atomic E-state index is -0.270. The second-order valence-electron chi connectivity index (χ2n) is 7.62. The average Bonchev–Trinajstić information content (AvgIpc) is 3.55. The molecule has 30 heavy (non-hydrogen) atoms.